The fourth-order valence-electron chi connectivity index (χ4n) is 4.60. The van der Waals surface area contributed by atoms with E-state index < -0.39 is 5.82 Å². The number of carbonyl (C=O) groups is 1. The molecule has 9 heteroatoms. The van der Waals surface area contributed by atoms with Gasteiger partial charge in [-0.3, -0.25) is 14.5 Å². The van der Waals surface area contributed by atoms with Crippen LogP contribution in [0.2, 0.25) is 0 Å². The van der Waals surface area contributed by atoms with Gasteiger partial charge in [0, 0.05) is 43.8 Å². The van der Waals surface area contributed by atoms with Crippen molar-refractivity contribution in [3.63, 3.8) is 0 Å². The van der Waals surface area contributed by atoms with Crippen molar-refractivity contribution >= 4 is 22.6 Å². The summed E-state index contributed by atoms with van der Waals surface area (Å²) in [5, 5.41) is 2.98. The van der Waals surface area contributed by atoms with E-state index >= 15 is 4.39 Å². The van der Waals surface area contributed by atoms with Gasteiger partial charge in [0.05, 0.1) is 16.9 Å². The molecule has 3 heterocycles. The summed E-state index contributed by atoms with van der Waals surface area (Å²) >= 11 is 0. The van der Waals surface area contributed by atoms with E-state index in [1.807, 2.05) is 19.9 Å². The normalized spacial score (nSPS) is 17.7. The van der Waals surface area contributed by atoms with Gasteiger partial charge in [-0.1, -0.05) is 6.07 Å². The Labute approximate surface area is 197 Å². The summed E-state index contributed by atoms with van der Waals surface area (Å²) in [5.74, 6) is -0.531. The summed E-state index contributed by atoms with van der Waals surface area (Å²) in [5.41, 5.74) is 3.42. The minimum Gasteiger partial charge on any atom is -0.368 e. The second-order valence-corrected chi connectivity index (χ2v) is 9.26. The standard InChI is InChI=1S/C25H29FN6O2/c1-14-21(9-8-20(27-14)25(34)29-17-4-5-17)32-12-10-31(11-13-32)16(3)18-6-7-19-23(22(18)26)30-24(33)15(2)28-19/h6-9,16-17H,4-5,10-13H2,1-3H3,(H,29,34)(H,30,33). The third-order valence-corrected chi connectivity index (χ3v) is 6.86. The number of hydrogen-bond donors (Lipinski definition) is 2. The first kappa shape index (κ1) is 22.5. The quantitative estimate of drug-likeness (QED) is 0.603. The second-order valence-electron chi connectivity index (χ2n) is 9.26. The maximum atomic E-state index is 15.3. The molecule has 1 saturated heterocycles. The number of aryl methyl sites for hydroxylation is 2. The summed E-state index contributed by atoms with van der Waals surface area (Å²) in [6.45, 7) is 8.58. The van der Waals surface area contributed by atoms with Crippen molar-refractivity contribution in [1.82, 2.24) is 25.2 Å². The number of carbonyl (C=O) groups excluding carboxylic acids is 1. The molecule has 2 fully saturated rings. The summed E-state index contributed by atoms with van der Waals surface area (Å²) in [7, 11) is 0. The molecule has 1 atom stereocenters. The molecule has 0 spiro atoms. The highest BCUT2D eigenvalue weighted by Crippen LogP contribution is 2.29. The van der Waals surface area contributed by atoms with Crippen LogP contribution >= 0.6 is 0 Å². The van der Waals surface area contributed by atoms with Gasteiger partial charge in [0.25, 0.3) is 11.5 Å². The van der Waals surface area contributed by atoms with Crippen LogP contribution in [0.5, 0.6) is 0 Å². The number of piperazine rings is 1. The molecule has 2 aromatic heterocycles. The van der Waals surface area contributed by atoms with Crippen molar-refractivity contribution in [2.45, 2.75) is 45.7 Å². The number of H-pyrrole nitrogens is 1. The number of aromatic nitrogens is 3. The van der Waals surface area contributed by atoms with Crippen LogP contribution in [-0.4, -0.2) is 58.0 Å². The first-order valence-corrected chi connectivity index (χ1v) is 11.8. The molecule has 34 heavy (non-hydrogen) atoms. The maximum absolute atomic E-state index is 15.3. The number of pyridine rings is 1. The number of rotatable bonds is 5. The van der Waals surface area contributed by atoms with Crippen LogP contribution < -0.4 is 15.8 Å². The van der Waals surface area contributed by atoms with Crippen LogP contribution in [0, 0.1) is 19.7 Å². The van der Waals surface area contributed by atoms with Gasteiger partial charge in [-0.25, -0.2) is 14.4 Å². The van der Waals surface area contributed by atoms with Gasteiger partial charge in [-0.15, -0.1) is 0 Å². The second kappa shape index (κ2) is 8.79. The molecular weight excluding hydrogens is 435 g/mol. The Bertz CT molecular complexity index is 1310. The largest absolute Gasteiger partial charge is 0.368 e. The molecule has 0 radical (unpaired) electrons. The lowest BCUT2D eigenvalue weighted by Gasteiger charge is -2.39. The molecule has 1 aliphatic carbocycles. The highest BCUT2D eigenvalue weighted by Gasteiger charge is 2.27. The van der Waals surface area contributed by atoms with E-state index in [9.17, 15) is 9.59 Å². The highest BCUT2D eigenvalue weighted by atomic mass is 19.1. The highest BCUT2D eigenvalue weighted by molar-refractivity contribution is 5.93. The van der Waals surface area contributed by atoms with Crippen molar-refractivity contribution < 1.29 is 9.18 Å². The van der Waals surface area contributed by atoms with E-state index in [0.717, 1.165) is 50.4 Å². The first-order valence-electron chi connectivity index (χ1n) is 11.8. The Hall–Kier alpha value is -3.33. The van der Waals surface area contributed by atoms with E-state index in [0.29, 0.717) is 28.5 Å². The Kier molecular flexibility index (Phi) is 5.81. The molecule has 8 nitrogen and oxygen atoms in total. The fraction of sp³-hybridized carbons (Fsp3) is 0.440. The average Bonchev–Trinajstić information content (AvgIpc) is 3.64. The summed E-state index contributed by atoms with van der Waals surface area (Å²) in [6.07, 6.45) is 2.09. The number of amides is 1. The van der Waals surface area contributed by atoms with Crippen molar-refractivity contribution in [3.05, 3.63) is 63.1 Å². The van der Waals surface area contributed by atoms with E-state index in [1.165, 1.54) is 0 Å². The van der Waals surface area contributed by atoms with Gasteiger partial charge in [-0.05, 0) is 51.8 Å². The van der Waals surface area contributed by atoms with Gasteiger partial charge in [0.2, 0.25) is 0 Å². The van der Waals surface area contributed by atoms with Crippen LogP contribution in [0.25, 0.3) is 11.0 Å². The van der Waals surface area contributed by atoms with Crippen LogP contribution in [0.1, 0.15) is 53.2 Å². The lowest BCUT2D eigenvalue weighted by atomic mass is 10.0. The van der Waals surface area contributed by atoms with Crippen molar-refractivity contribution in [2.24, 2.45) is 0 Å². The first-order chi connectivity index (χ1) is 16.3. The van der Waals surface area contributed by atoms with Crippen LogP contribution in [0.4, 0.5) is 10.1 Å². The Morgan fingerprint density at radius 1 is 1.09 bits per heavy atom. The lowest BCUT2D eigenvalue weighted by Crippen LogP contribution is -2.47. The molecule has 2 aliphatic rings. The number of aromatic amines is 1. The van der Waals surface area contributed by atoms with Crippen molar-refractivity contribution in [1.29, 1.82) is 0 Å². The predicted octanol–water partition coefficient (Wildman–Crippen LogP) is 2.85. The van der Waals surface area contributed by atoms with Crippen LogP contribution in [-0.2, 0) is 0 Å². The van der Waals surface area contributed by atoms with E-state index in [4.69, 9.17) is 0 Å². The number of benzene rings is 1. The fourth-order valence-corrected chi connectivity index (χ4v) is 4.60. The topological polar surface area (TPSA) is 94.2 Å². The van der Waals surface area contributed by atoms with Crippen LogP contribution in [0.15, 0.2) is 29.1 Å². The van der Waals surface area contributed by atoms with Gasteiger partial charge in [-0.2, -0.15) is 0 Å². The molecule has 1 amide bonds. The summed E-state index contributed by atoms with van der Waals surface area (Å²) in [6, 6.07) is 7.44. The smallest absolute Gasteiger partial charge is 0.270 e. The van der Waals surface area contributed by atoms with Gasteiger partial charge >= 0.3 is 0 Å². The molecule has 178 valence electrons. The third kappa shape index (κ3) is 4.27. The van der Waals surface area contributed by atoms with Crippen LogP contribution in [0.3, 0.4) is 0 Å². The Morgan fingerprint density at radius 2 is 1.82 bits per heavy atom. The average molecular weight is 465 g/mol. The van der Waals surface area contributed by atoms with E-state index in [-0.39, 0.29) is 23.0 Å². The Morgan fingerprint density at radius 3 is 2.50 bits per heavy atom. The number of halogens is 1. The number of nitrogens with zero attached hydrogens (tertiary/aromatic N) is 4. The monoisotopic (exact) mass is 464 g/mol. The zero-order valence-corrected chi connectivity index (χ0v) is 19.7. The SMILES string of the molecule is Cc1nc(C(=O)NC2CC2)ccc1N1CCN(C(C)c2ccc3nc(C)c(=O)[nH]c3c2F)CC1. The molecular formula is C25H29FN6O2. The summed E-state index contributed by atoms with van der Waals surface area (Å²) < 4.78 is 15.3. The van der Waals surface area contributed by atoms with Crippen molar-refractivity contribution in [3.8, 4) is 0 Å². The Balaban J connectivity index is 1.28. The van der Waals surface area contributed by atoms with E-state index in [2.05, 4.69) is 30.1 Å². The molecule has 2 N–H and O–H groups in total. The third-order valence-electron chi connectivity index (χ3n) is 6.86. The molecule has 1 saturated carbocycles. The maximum Gasteiger partial charge on any atom is 0.270 e. The van der Waals surface area contributed by atoms with Gasteiger partial charge < -0.3 is 15.2 Å². The van der Waals surface area contributed by atoms with Gasteiger partial charge in [0.1, 0.15) is 16.9 Å². The minimum absolute atomic E-state index is 0.111. The number of fused-ring (bicyclic) bond motifs is 1. The predicted molar refractivity (Wildman–Crippen MR) is 129 cm³/mol. The number of hydrogen-bond acceptors (Lipinski definition) is 6. The molecule has 1 unspecified atom stereocenters. The number of anilines is 1. The molecule has 1 aromatic carbocycles. The van der Waals surface area contributed by atoms with Gasteiger partial charge in [0.15, 0.2) is 5.82 Å². The molecule has 0 bridgehead atoms. The molecule has 1 aliphatic heterocycles. The van der Waals surface area contributed by atoms with E-state index in [1.54, 1.807) is 25.1 Å². The zero-order valence-electron chi connectivity index (χ0n) is 19.7. The van der Waals surface area contributed by atoms with Crippen molar-refractivity contribution in [2.75, 3.05) is 31.1 Å². The minimum atomic E-state index is -0.419. The lowest BCUT2D eigenvalue weighted by molar-refractivity contribution is 0.0946. The zero-order chi connectivity index (χ0) is 24.0. The summed E-state index contributed by atoms with van der Waals surface area (Å²) in [4.78, 5) is 40.1. The number of nitrogens with one attached hydrogen (secondary N) is 2. The molecule has 3 aromatic rings. The molecule has 5 rings (SSSR count).